The third-order valence-electron chi connectivity index (χ3n) is 4.14. The molecule has 0 bridgehead atoms. The van der Waals surface area contributed by atoms with Gasteiger partial charge in [-0.1, -0.05) is 12.1 Å². The highest BCUT2D eigenvalue weighted by atomic mass is 16.5. The molecule has 1 aliphatic rings. The van der Waals surface area contributed by atoms with Crippen LogP contribution in [0.15, 0.2) is 24.3 Å². The number of carbonyl (C=O) groups is 3. The van der Waals surface area contributed by atoms with Gasteiger partial charge in [0.15, 0.2) is 6.61 Å². The highest BCUT2D eigenvalue weighted by Gasteiger charge is 2.34. The fraction of sp³-hybridized carbons (Fsp3) is 0.471. The zero-order valence-electron chi connectivity index (χ0n) is 14.4. The number of ether oxygens (including phenoxy) is 1. The van der Waals surface area contributed by atoms with E-state index in [-0.39, 0.29) is 29.7 Å². The Balaban J connectivity index is 1.95. The molecule has 0 saturated carbocycles. The molecule has 26 heavy (non-hydrogen) atoms. The van der Waals surface area contributed by atoms with E-state index < -0.39 is 11.9 Å². The van der Waals surface area contributed by atoms with Crippen LogP contribution in [0.2, 0.25) is 0 Å². The fourth-order valence-corrected chi connectivity index (χ4v) is 2.83. The molecule has 1 saturated heterocycles. The smallest absolute Gasteiger partial charge is 0.278 e. The minimum Gasteiger partial charge on any atom is -0.483 e. The number of likely N-dealkylation sites (tertiary alicyclic amines) is 1. The Morgan fingerprint density at radius 2 is 2.08 bits per heavy atom. The monoisotopic (exact) mass is 364 g/mol. The molecule has 0 radical (unpaired) electrons. The first kappa shape index (κ1) is 19.7. The van der Waals surface area contributed by atoms with Crippen molar-refractivity contribution in [2.45, 2.75) is 25.3 Å². The fourth-order valence-electron chi connectivity index (χ4n) is 2.83. The third-order valence-corrected chi connectivity index (χ3v) is 4.14. The maximum Gasteiger partial charge on any atom is 0.278 e. The average Bonchev–Trinajstić information content (AvgIpc) is 3.16. The number of rotatable bonds is 8. The predicted octanol–water partition coefficient (Wildman–Crippen LogP) is -0.360. The van der Waals surface area contributed by atoms with Crippen molar-refractivity contribution < 1.29 is 24.3 Å². The van der Waals surface area contributed by atoms with Crippen LogP contribution < -0.4 is 21.3 Å². The molecule has 1 unspecified atom stereocenters. The molecule has 3 amide bonds. The van der Waals surface area contributed by atoms with Crippen LogP contribution in [0.25, 0.3) is 0 Å². The van der Waals surface area contributed by atoms with Crippen molar-refractivity contribution in [3.05, 3.63) is 29.8 Å². The number of benzene rings is 1. The SMILES string of the molecule is NCCCNC(=O)C1CCCN1C(=O)COc1ccccc1C(=O)NO. The summed E-state index contributed by atoms with van der Waals surface area (Å²) in [6.07, 6.45) is 2.02. The summed E-state index contributed by atoms with van der Waals surface area (Å²) in [7, 11) is 0. The van der Waals surface area contributed by atoms with Gasteiger partial charge in [-0.25, -0.2) is 5.48 Å². The molecule has 1 aromatic rings. The second-order valence-corrected chi connectivity index (χ2v) is 5.90. The van der Waals surface area contributed by atoms with E-state index in [1.165, 1.54) is 22.5 Å². The Kier molecular flexibility index (Phi) is 7.37. The molecule has 1 aromatic carbocycles. The van der Waals surface area contributed by atoms with Crippen molar-refractivity contribution in [2.24, 2.45) is 5.73 Å². The molecule has 142 valence electrons. The first-order valence-corrected chi connectivity index (χ1v) is 8.52. The van der Waals surface area contributed by atoms with Crippen molar-refractivity contribution in [1.82, 2.24) is 15.7 Å². The topological polar surface area (TPSA) is 134 Å². The molecule has 2 rings (SSSR count). The summed E-state index contributed by atoms with van der Waals surface area (Å²) in [5.74, 6) is -1.08. The van der Waals surface area contributed by atoms with Crippen LogP contribution in [0, 0.1) is 0 Å². The van der Waals surface area contributed by atoms with Crippen LogP contribution in [-0.2, 0) is 9.59 Å². The van der Waals surface area contributed by atoms with E-state index in [4.69, 9.17) is 15.7 Å². The Hall–Kier alpha value is -2.65. The maximum atomic E-state index is 12.5. The number of nitrogens with zero attached hydrogens (tertiary/aromatic N) is 1. The Morgan fingerprint density at radius 3 is 2.81 bits per heavy atom. The van der Waals surface area contributed by atoms with E-state index in [1.807, 2.05) is 0 Å². The first-order valence-electron chi connectivity index (χ1n) is 8.52. The number of hydrogen-bond donors (Lipinski definition) is 4. The minimum absolute atomic E-state index is 0.111. The summed E-state index contributed by atoms with van der Waals surface area (Å²) in [6, 6.07) is 5.74. The first-order chi connectivity index (χ1) is 12.6. The van der Waals surface area contributed by atoms with E-state index in [0.29, 0.717) is 32.5 Å². The second-order valence-electron chi connectivity index (χ2n) is 5.90. The van der Waals surface area contributed by atoms with Gasteiger partial charge in [-0.15, -0.1) is 0 Å². The molecule has 1 atom stereocenters. The van der Waals surface area contributed by atoms with E-state index in [9.17, 15) is 14.4 Å². The lowest BCUT2D eigenvalue weighted by molar-refractivity contribution is -0.139. The van der Waals surface area contributed by atoms with E-state index in [1.54, 1.807) is 12.1 Å². The summed E-state index contributed by atoms with van der Waals surface area (Å²) < 4.78 is 5.45. The van der Waals surface area contributed by atoms with Gasteiger partial charge in [0.25, 0.3) is 11.8 Å². The highest BCUT2D eigenvalue weighted by Crippen LogP contribution is 2.20. The summed E-state index contributed by atoms with van der Waals surface area (Å²) in [4.78, 5) is 37.8. The lowest BCUT2D eigenvalue weighted by Crippen LogP contribution is -2.47. The average molecular weight is 364 g/mol. The number of hydroxylamine groups is 1. The number of nitrogens with one attached hydrogen (secondary N) is 2. The van der Waals surface area contributed by atoms with Gasteiger partial charge in [0.2, 0.25) is 5.91 Å². The lowest BCUT2D eigenvalue weighted by atomic mass is 10.2. The van der Waals surface area contributed by atoms with Gasteiger partial charge >= 0.3 is 0 Å². The van der Waals surface area contributed by atoms with Crippen molar-refractivity contribution in [1.29, 1.82) is 0 Å². The van der Waals surface area contributed by atoms with Gasteiger partial charge in [0.05, 0.1) is 5.56 Å². The highest BCUT2D eigenvalue weighted by molar-refractivity contribution is 5.96. The molecule has 1 fully saturated rings. The van der Waals surface area contributed by atoms with Gasteiger partial charge in [-0.3, -0.25) is 19.6 Å². The van der Waals surface area contributed by atoms with Gasteiger partial charge in [-0.2, -0.15) is 0 Å². The number of carbonyl (C=O) groups excluding carboxylic acids is 3. The van der Waals surface area contributed by atoms with Crippen molar-refractivity contribution in [2.75, 3.05) is 26.2 Å². The molecule has 5 N–H and O–H groups in total. The van der Waals surface area contributed by atoms with Crippen LogP contribution in [0.5, 0.6) is 5.75 Å². The summed E-state index contributed by atoms with van der Waals surface area (Å²) >= 11 is 0. The van der Waals surface area contributed by atoms with Gasteiger partial charge in [-0.05, 0) is 37.9 Å². The number of nitrogens with two attached hydrogens (primary N) is 1. The van der Waals surface area contributed by atoms with Gasteiger partial charge < -0.3 is 20.7 Å². The van der Waals surface area contributed by atoms with E-state index >= 15 is 0 Å². The molecule has 9 nitrogen and oxygen atoms in total. The van der Waals surface area contributed by atoms with Crippen LogP contribution in [0.3, 0.4) is 0 Å². The number of amides is 3. The van der Waals surface area contributed by atoms with E-state index in [2.05, 4.69) is 5.32 Å². The molecule has 0 aliphatic carbocycles. The standard InChI is InChI=1S/C17H24N4O5/c18-8-4-9-19-17(24)13-6-3-10-21(13)15(22)11-26-14-7-2-1-5-12(14)16(23)20-25/h1-2,5,7,13,25H,3-4,6,8-11,18H2,(H,19,24)(H,20,23). The largest absolute Gasteiger partial charge is 0.483 e. The minimum atomic E-state index is -0.730. The maximum absolute atomic E-state index is 12.5. The normalized spacial score (nSPS) is 16.2. The molecule has 1 heterocycles. The molecule has 9 heteroatoms. The quantitative estimate of drug-likeness (QED) is 0.283. The summed E-state index contributed by atoms with van der Waals surface area (Å²) in [5.41, 5.74) is 7.05. The predicted molar refractivity (Wildman–Crippen MR) is 92.6 cm³/mol. The Bertz CT molecular complexity index is 652. The van der Waals surface area contributed by atoms with Crippen LogP contribution in [0.1, 0.15) is 29.6 Å². The second kappa shape index (κ2) is 9.73. The van der Waals surface area contributed by atoms with E-state index in [0.717, 1.165) is 6.42 Å². The zero-order chi connectivity index (χ0) is 18.9. The lowest BCUT2D eigenvalue weighted by Gasteiger charge is -2.24. The molecule has 1 aliphatic heterocycles. The Labute approximate surface area is 151 Å². The molecular formula is C17H24N4O5. The zero-order valence-corrected chi connectivity index (χ0v) is 14.4. The van der Waals surface area contributed by atoms with Crippen LogP contribution >= 0.6 is 0 Å². The van der Waals surface area contributed by atoms with Gasteiger partial charge in [0, 0.05) is 13.1 Å². The number of para-hydroxylation sites is 1. The van der Waals surface area contributed by atoms with Crippen molar-refractivity contribution in [3.63, 3.8) is 0 Å². The van der Waals surface area contributed by atoms with Crippen LogP contribution in [0.4, 0.5) is 0 Å². The Morgan fingerprint density at radius 1 is 1.31 bits per heavy atom. The number of hydrogen-bond acceptors (Lipinski definition) is 6. The van der Waals surface area contributed by atoms with Crippen molar-refractivity contribution >= 4 is 17.7 Å². The summed E-state index contributed by atoms with van der Waals surface area (Å²) in [6.45, 7) is 1.15. The summed E-state index contributed by atoms with van der Waals surface area (Å²) in [5, 5.41) is 11.5. The molecule has 0 spiro atoms. The third kappa shape index (κ3) is 4.93. The molecule has 0 aromatic heterocycles. The molecular weight excluding hydrogens is 340 g/mol. The van der Waals surface area contributed by atoms with Gasteiger partial charge in [0.1, 0.15) is 11.8 Å². The van der Waals surface area contributed by atoms with Crippen LogP contribution in [-0.4, -0.2) is 60.1 Å². The van der Waals surface area contributed by atoms with Crippen molar-refractivity contribution in [3.8, 4) is 5.75 Å².